The second-order valence-corrected chi connectivity index (χ2v) is 3.62. The van der Waals surface area contributed by atoms with Gasteiger partial charge in [-0.05, 0) is 18.9 Å². The Labute approximate surface area is 81.0 Å². The molecular weight excluding hydrogens is 178 g/mol. The van der Waals surface area contributed by atoms with Crippen molar-refractivity contribution in [1.82, 2.24) is 19.6 Å². The van der Waals surface area contributed by atoms with E-state index in [0.717, 1.165) is 11.5 Å². The molecule has 0 aromatic carbocycles. The van der Waals surface area contributed by atoms with Gasteiger partial charge in [-0.25, -0.2) is 4.98 Å². The van der Waals surface area contributed by atoms with Crippen molar-refractivity contribution in [3.8, 4) is 0 Å². The van der Waals surface area contributed by atoms with Crippen LogP contribution in [0, 0.1) is 0 Å². The van der Waals surface area contributed by atoms with Gasteiger partial charge in [-0.1, -0.05) is 0 Å². The quantitative estimate of drug-likeness (QED) is 0.745. The van der Waals surface area contributed by atoms with E-state index in [9.17, 15) is 0 Å². The number of fused-ring (bicyclic) bond motifs is 1. The van der Waals surface area contributed by atoms with Crippen molar-refractivity contribution < 1.29 is 0 Å². The minimum atomic E-state index is 0.394. The molecule has 2 aromatic heterocycles. The van der Waals surface area contributed by atoms with Crippen LogP contribution >= 0.6 is 0 Å². The van der Waals surface area contributed by atoms with Crippen LogP contribution in [-0.4, -0.2) is 19.6 Å². The Kier molecular flexibility index (Phi) is 1.55. The zero-order valence-electron chi connectivity index (χ0n) is 7.72. The number of hydrogen-bond acceptors (Lipinski definition) is 4. The monoisotopic (exact) mass is 189 g/mol. The van der Waals surface area contributed by atoms with Crippen LogP contribution < -0.4 is 5.73 Å². The maximum absolute atomic E-state index is 5.52. The lowest BCUT2D eigenvalue weighted by Crippen LogP contribution is -2.03. The first-order valence-corrected chi connectivity index (χ1v) is 4.79. The Morgan fingerprint density at radius 3 is 3.00 bits per heavy atom. The van der Waals surface area contributed by atoms with E-state index in [1.165, 1.54) is 12.8 Å². The Morgan fingerprint density at radius 2 is 2.29 bits per heavy atom. The highest BCUT2D eigenvalue weighted by Gasteiger charge is 2.25. The lowest BCUT2D eigenvalue weighted by Gasteiger charge is -1.98. The van der Waals surface area contributed by atoms with Crippen LogP contribution in [0.5, 0.6) is 0 Å². The standard InChI is InChI=1S/C9H11N5/c10-5-8-12-13-9-11-7(6-1-2-6)3-4-14(8)9/h3-4,6H,1-2,5,10H2. The fourth-order valence-corrected chi connectivity index (χ4v) is 1.59. The molecule has 5 heteroatoms. The molecule has 14 heavy (non-hydrogen) atoms. The molecule has 0 unspecified atom stereocenters. The predicted octanol–water partition coefficient (Wildman–Crippen LogP) is 0.460. The molecule has 0 saturated heterocycles. The Hall–Kier alpha value is -1.49. The number of aromatic nitrogens is 4. The van der Waals surface area contributed by atoms with Gasteiger partial charge in [0.25, 0.3) is 5.78 Å². The minimum Gasteiger partial charge on any atom is -0.324 e. The van der Waals surface area contributed by atoms with Gasteiger partial charge in [0, 0.05) is 17.8 Å². The van der Waals surface area contributed by atoms with Gasteiger partial charge < -0.3 is 5.73 Å². The third kappa shape index (κ3) is 1.09. The summed E-state index contributed by atoms with van der Waals surface area (Å²) in [7, 11) is 0. The van der Waals surface area contributed by atoms with Gasteiger partial charge in [0.2, 0.25) is 0 Å². The second-order valence-electron chi connectivity index (χ2n) is 3.62. The van der Waals surface area contributed by atoms with E-state index in [1.54, 1.807) is 0 Å². The summed E-state index contributed by atoms with van der Waals surface area (Å²) in [5, 5.41) is 7.94. The molecule has 1 aliphatic carbocycles. The molecule has 2 aromatic rings. The SMILES string of the molecule is NCc1nnc2nc(C3CC3)ccn12. The molecule has 2 heterocycles. The van der Waals surface area contributed by atoms with Crippen molar-refractivity contribution in [2.75, 3.05) is 0 Å². The summed E-state index contributed by atoms with van der Waals surface area (Å²) in [5.74, 6) is 2.07. The average molecular weight is 189 g/mol. The molecule has 0 atom stereocenters. The molecule has 5 nitrogen and oxygen atoms in total. The zero-order chi connectivity index (χ0) is 9.54. The maximum atomic E-state index is 5.52. The van der Waals surface area contributed by atoms with Crippen LogP contribution in [0.3, 0.4) is 0 Å². The van der Waals surface area contributed by atoms with Gasteiger partial charge in [0.15, 0.2) is 5.82 Å². The van der Waals surface area contributed by atoms with Crippen molar-refractivity contribution in [2.24, 2.45) is 5.73 Å². The van der Waals surface area contributed by atoms with Crippen LogP contribution in [0.25, 0.3) is 5.78 Å². The fourth-order valence-electron chi connectivity index (χ4n) is 1.59. The summed E-state index contributed by atoms with van der Waals surface area (Å²) < 4.78 is 1.84. The largest absolute Gasteiger partial charge is 0.324 e. The summed E-state index contributed by atoms with van der Waals surface area (Å²) >= 11 is 0. The second kappa shape index (κ2) is 2.75. The third-order valence-electron chi connectivity index (χ3n) is 2.55. The van der Waals surface area contributed by atoms with Crippen molar-refractivity contribution in [1.29, 1.82) is 0 Å². The molecule has 1 fully saturated rings. The summed E-state index contributed by atoms with van der Waals surface area (Å²) in [5.41, 5.74) is 6.65. The number of nitrogens with zero attached hydrogens (tertiary/aromatic N) is 4. The Balaban J connectivity index is 2.15. The van der Waals surface area contributed by atoms with E-state index in [4.69, 9.17) is 5.73 Å². The van der Waals surface area contributed by atoms with E-state index in [1.807, 2.05) is 16.7 Å². The highest BCUT2D eigenvalue weighted by Crippen LogP contribution is 2.38. The van der Waals surface area contributed by atoms with E-state index in [0.29, 0.717) is 18.2 Å². The van der Waals surface area contributed by atoms with Crippen LogP contribution in [-0.2, 0) is 6.54 Å². The van der Waals surface area contributed by atoms with Gasteiger partial charge in [-0.3, -0.25) is 4.40 Å². The molecule has 2 N–H and O–H groups in total. The van der Waals surface area contributed by atoms with Crippen molar-refractivity contribution >= 4 is 5.78 Å². The van der Waals surface area contributed by atoms with Crippen LogP contribution in [0.1, 0.15) is 30.3 Å². The predicted molar refractivity (Wildman–Crippen MR) is 50.6 cm³/mol. The van der Waals surface area contributed by atoms with Crippen LogP contribution in [0.2, 0.25) is 0 Å². The van der Waals surface area contributed by atoms with E-state index in [-0.39, 0.29) is 0 Å². The van der Waals surface area contributed by atoms with Crippen LogP contribution in [0.4, 0.5) is 0 Å². The molecular formula is C9H11N5. The topological polar surface area (TPSA) is 69.1 Å². The van der Waals surface area contributed by atoms with Crippen LogP contribution in [0.15, 0.2) is 12.3 Å². The first kappa shape index (κ1) is 7.87. The van der Waals surface area contributed by atoms with Gasteiger partial charge in [-0.2, -0.15) is 0 Å². The molecule has 1 saturated carbocycles. The Bertz CT molecular complexity index is 471. The third-order valence-corrected chi connectivity index (χ3v) is 2.55. The lowest BCUT2D eigenvalue weighted by atomic mass is 10.3. The molecule has 0 spiro atoms. The van der Waals surface area contributed by atoms with Crippen molar-refractivity contribution in [3.05, 3.63) is 23.8 Å². The van der Waals surface area contributed by atoms with Crippen molar-refractivity contribution in [3.63, 3.8) is 0 Å². The highest BCUT2D eigenvalue weighted by atomic mass is 15.3. The summed E-state index contributed by atoms with van der Waals surface area (Å²) in [6, 6.07) is 2.03. The molecule has 0 radical (unpaired) electrons. The number of nitrogens with two attached hydrogens (primary N) is 1. The summed E-state index contributed by atoms with van der Waals surface area (Å²) in [4.78, 5) is 4.44. The summed E-state index contributed by atoms with van der Waals surface area (Å²) in [6.45, 7) is 0.394. The number of rotatable bonds is 2. The van der Waals surface area contributed by atoms with Gasteiger partial charge in [0.05, 0.1) is 6.54 Å². The molecule has 0 bridgehead atoms. The maximum Gasteiger partial charge on any atom is 0.255 e. The van der Waals surface area contributed by atoms with Gasteiger partial charge >= 0.3 is 0 Å². The molecule has 0 aliphatic heterocycles. The first-order chi connectivity index (χ1) is 6.88. The Morgan fingerprint density at radius 1 is 1.43 bits per heavy atom. The zero-order valence-corrected chi connectivity index (χ0v) is 7.72. The molecule has 1 aliphatic rings. The fraction of sp³-hybridized carbons (Fsp3) is 0.444. The lowest BCUT2D eigenvalue weighted by molar-refractivity contribution is 0.877. The first-order valence-electron chi connectivity index (χ1n) is 4.79. The van der Waals surface area contributed by atoms with E-state index in [2.05, 4.69) is 15.2 Å². The highest BCUT2D eigenvalue weighted by molar-refractivity contribution is 5.31. The molecule has 0 amide bonds. The van der Waals surface area contributed by atoms with E-state index < -0.39 is 0 Å². The average Bonchev–Trinajstić information content (AvgIpc) is 2.98. The minimum absolute atomic E-state index is 0.394. The van der Waals surface area contributed by atoms with Crippen molar-refractivity contribution in [2.45, 2.75) is 25.3 Å². The van der Waals surface area contributed by atoms with Gasteiger partial charge in [0.1, 0.15) is 0 Å². The summed E-state index contributed by atoms with van der Waals surface area (Å²) in [6.07, 6.45) is 4.46. The smallest absolute Gasteiger partial charge is 0.255 e. The number of hydrogen-bond donors (Lipinski definition) is 1. The molecule has 72 valence electrons. The van der Waals surface area contributed by atoms with Gasteiger partial charge in [-0.15, -0.1) is 10.2 Å². The van der Waals surface area contributed by atoms with E-state index >= 15 is 0 Å². The normalized spacial score (nSPS) is 16.4. The molecule has 3 rings (SSSR count).